The Morgan fingerprint density at radius 2 is 1.98 bits per heavy atom. The molecule has 0 radical (unpaired) electrons. The highest BCUT2D eigenvalue weighted by Gasteiger charge is 2.37. The van der Waals surface area contributed by atoms with Crippen LogP contribution in [0, 0.1) is 0 Å². The normalized spacial score (nSPS) is 22.1. The number of hydrogen-bond acceptors (Lipinski definition) is 11. The molecule has 1 saturated carbocycles. The van der Waals surface area contributed by atoms with Crippen molar-refractivity contribution in [2.45, 2.75) is 55.0 Å². The van der Waals surface area contributed by atoms with Crippen LogP contribution in [0.15, 0.2) is 40.5 Å². The van der Waals surface area contributed by atoms with Gasteiger partial charge in [0.1, 0.15) is 6.61 Å². The number of anilines is 1. The molecule has 2 aliphatic heterocycles. The molecule has 41 heavy (non-hydrogen) atoms. The van der Waals surface area contributed by atoms with Gasteiger partial charge in [0.15, 0.2) is 26.8 Å². The first-order valence-electron chi connectivity index (χ1n) is 13.7. The van der Waals surface area contributed by atoms with E-state index in [9.17, 15) is 18.0 Å². The van der Waals surface area contributed by atoms with E-state index in [-0.39, 0.29) is 40.5 Å². The fourth-order valence-corrected chi connectivity index (χ4v) is 7.40. The topological polar surface area (TPSA) is 140 Å². The van der Waals surface area contributed by atoms with Crippen LogP contribution in [0.2, 0.25) is 0 Å². The van der Waals surface area contributed by atoms with E-state index in [2.05, 4.69) is 20.4 Å². The average molecular weight is 606 g/mol. The summed E-state index contributed by atoms with van der Waals surface area (Å²) in [6.07, 6.45) is 3.49. The molecule has 12 nitrogen and oxygen atoms in total. The molecule has 3 fully saturated rings. The minimum absolute atomic E-state index is 0.0106. The van der Waals surface area contributed by atoms with E-state index < -0.39 is 15.7 Å². The largest absolute Gasteiger partial charge is 0.389 e. The van der Waals surface area contributed by atoms with Crippen molar-refractivity contribution in [3.8, 4) is 0 Å². The van der Waals surface area contributed by atoms with Gasteiger partial charge in [0.2, 0.25) is 5.91 Å². The second-order valence-corrected chi connectivity index (χ2v) is 13.8. The highest BCUT2D eigenvalue weighted by molar-refractivity contribution is 7.92. The molecule has 5 rings (SSSR count). The van der Waals surface area contributed by atoms with Crippen LogP contribution in [-0.4, -0.2) is 105 Å². The number of oxime groups is 1. The number of nitrogens with zero attached hydrogens (tertiary/aromatic N) is 4. The molecule has 2 atom stereocenters. The van der Waals surface area contributed by atoms with Gasteiger partial charge in [-0.1, -0.05) is 17.3 Å². The Bertz CT molecular complexity index is 1370. The Labute approximate surface area is 243 Å². The molecule has 3 aliphatic rings. The molecule has 0 bridgehead atoms. The number of hydrogen-bond donors (Lipinski definition) is 1. The van der Waals surface area contributed by atoms with E-state index >= 15 is 0 Å². The highest BCUT2D eigenvalue weighted by Crippen LogP contribution is 2.33. The van der Waals surface area contributed by atoms with Crippen LogP contribution in [0.4, 0.5) is 5.13 Å². The summed E-state index contributed by atoms with van der Waals surface area (Å²) >= 11 is 1.36. The zero-order chi connectivity index (χ0) is 29.0. The molecule has 1 aromatic heterocycles. The van der Waals surface area contributed by atoms with E-state index in [0.717, 1.165) is 18.0 Å². The number of carbonyl (C=O) groups excluding carboxylic acids is 2. The van der Waals surface area contributed by atoms with E-state index in [1.807, 2.05) is 11.8 Å². The molecule has 1 aliphatic carbocycles. The maximum Gasteiger partial charge on any atom is 0.280 e. The lowest BCUT2D eigenvalue weighted by Gasteiger charge is -2.39. The third-order valence-electron chi connectivity index (χ3n) is 7.27. The SMILES string of the molecule is COCC(=O)N1CCN(Cc2cnc(NC(=O)C(=NOC3CCOC3)c3ccc(S(=O)(=O)C4CC4)cc3)s2)C[C@@H]1C. The molecule has 2 amide bonds. The summed E-state index contributed by atoms with van der Waals surface area (Å²) in [5.41, 5.74) is 0.456. The predicted octanol–water partition coefficient (Wildman–Crippen LogP) is 1.91. The van der Waals surface area contributed by atoms with Crippen molar-refractivity contribution in [1.82, 2.24) is 14.8 Å². The number of nitrogens with one attached hydrogen (secondary N) is 1. The molecule has 1 aromatic carbocycles. The van der Waals surface area contributed by atoms with Crippen molar-refractivity contribution < 1.29 is 32.3 Å². The van der Waals surface area contributed by atoms with E-state index in [4.69, 9.17) is 14.3 Å². The Balaban J connectivity index is 1.24. The first kappa shape index (κ1) is 29.6. The maximum absolute atomic E-state index is 13.4. The molecule has 3 heterocycles. The number of piperazine rings is 1. The Kier molecular flexibility index (Phi) is 9.34. The van der Waals surface area contributed by atoms with Gasteiger partial charge < -0.3 is 19.2 Å². The van der Waals surface area contributed by atoms with Gasteiger partial charge in [0.05, 0.1) is 23.4 Å². The standard InChI is InChI=1S/C27H35N5O7S2/c1-18-14-31(10-11-32(18)24(33)17-37-2)15-21-13-28-27(40-21)29-26(34)25(30-39-20-9-12-38-16-20)19-3-5-22(6-4-19)41(35,36)23-7-8-23/h3-6,13,18,20,23H,7-12,14-17H2,1-2H3,(H,28,29,34)/t18-,20?/m0/s1. The van der Waals surface area contributed by atoms with Crippen LogP contribution < -0.4 is 5.32 Å². The quantitative estimate of drug-likeness (QED) is 0.301. The molecule has 222 valence electrons. The number of thiazole rings is 1. The molecule has 1 N–H and O–H groups in total. The minimum Gasteiger partial charge on any atom is -0.389 e. The van der Waals surface area contributed by atoms with Crippen molar-refractivity contribution in [1.29, 1.82) is 0 Å². The van der Waals surface area contributed by atoms with Crippen LogP contribution in [0.5, 0.6) is 0 Å². The first-order chi connectivity index (χ1) is 19.7. The lowest BCUT2D eigenvalue weighted by Crippen LogP contribution is -2.54. The van der Waals surface area contributed by atoms with Crippen LogP contribution in [0.25, 0.3) is 0 Å². The number of benzene rings is 1. The van der Waals surface area contributed by atoms with Gasteiger partial charge in [-0.2, -0.15) is 0 Å². The average Bonchev–Trinajstić information content (AvgIpc) is 3.53. The van der Waals surface area contributed by atoms with Gasteiger partial charge >= 0.3 is 0 Å². The molecular weight excluding hydrogens is 570 g/mol. The molecule has 14 heteroatoms. The fourth-order valence-electron chi connectivity index (χ4n) is 4.89. The lowest BCUT2D eigenvalue weighted by atomic mass is 10.1. The van der Waals surface area contributed by atoms with Crippen molar-refractivity contribution in [3.05, 3.63) is 40.9 Å². The molecule has 2 saturated heterocycles. The minimum atomic E-state index is -3.35. The monoisotopic (exact) mass is 605 g/mol. The Morgan fingerprint density at radius 3 is 2.63 bits per heavy atom. The zero-order valence-corrected chi connectivity index (χ0v) is 24.8. The van der Waals surface area contributed by atoms with Crippen LogP contribution in [-0.2, 0) is 40.3 Å². The van der Waals surface area contributed by atoms with Crippen molar-refractivity contribution >= 4 is 43.8 Å². The predicted molar refractivity (Wildman–Crippen MR) is 153 cm³/mol. The summed E-state index contributed by atoms with van der Waals surface area (Å²) in [4.78, 5) is 40.9. The van der Waals surface area contributed by atoms with Crippen molar-refractivity contribution in [2.24, 2.45) is 5.16 Å². The maximum atomic E-state index is 13.4. The first-order valence-corrected chi connectivity index (χ1v) is 16.0. The van der Waals surface area contributed by atoms with Crippen molar-refractivity contribution in [2.75, 3.05) is 51.9 Å². The van der Waals surface area contributed by atoms with Crippen molar-refractivity contribution in [3.63, 3.8) is 0 Å². The number of amides is 2. The van der Waals surface area contributed by atoms with Gasteiger partial charge in [-0.15, -0.1) is 11.3 Å². The summed E-state index contributed by atoms with van der Waals surface area (Å²) in [6, 6.07) is 6.24. The number of methoxy groups -OCH3 is 1. The smallest absolute Gasteiger partial charge is 0.280 e. The Hall–Kier alpha value is -2.91. The third-order valence-corrected chi connectivity index (χ3v) is 10.4. The summed E-state index contributed by atoms with van der Waals surface area (Å²) in [5.74, 6) is -0.523. The molecular formula is C27H35N5O7S2. The summed E-state index contributed by atoms with van der Waals surface area (Å²) in [7, 11) is -1.83. The summed E-state index contributed by atoms with van der Waals surface area (Å²) in [6.45, 7) is 5.77. The fraction of sp³-hybridized carbons (Fsp3) is 0.556. The molecule has 2 aromatic rings. The number of rotatable bonds is 11. The number of aromatic nitrogens is 1. The van der Waals surface area contributed by atoms with Crippen LogP contribution >= 0.6 is 11.3 Å². The Morgan fingerprint density at radius 1 is 1.20 bits per heavy atom. The van der Waals surface area contributed by atoms with Crippen LogP contribution in [0.1, 0.15) is 36.6 Å². The molecule has 0 spiro atoms. The number of ether oxygens (including phenoxy) is 2. The second kappa shape index (κ2) is 12.9. The summed E-state index contributed by atoms with van der Waals surface area (Å²) in [5, 5.41) is 7.07. The van der Waals surface area contributed by atoms with Gasteiger partial charge in [-0.25, -0.2) is 13.4 Å². The second-order valence-electron chi connectivity index (χ2n) is 10.5. The van der Waals surface area contributed by atoms with Crippen LogP contribution in [0.3, 0.4) is 0 Å². The van der Waals surface area contributed by atoms with Gasteiger partial charge in [-0.05, 0) is 31.9 Å². The highest BCUT2D eigenvalue weighted by atomic mass is 32.2. The lowest BCUT2D eigenvalue weighted by molar-refractivity contribution is -0.139. The van der Waals surface area contributed by atoms with E-state index in [1.54, 1.807) is 18.3 Å². The molecule has 1 unspecified atom stereocenters. The number of sulfone groups is 1. The van der Waals surface area contributed by atoms with Gasteiger partial charge in [0, 0.05) is 62.4 Å². The van der Waals surface area contributed by atoms with E-state index in [1.165, 1.54) is 30.6 Å². The van der Waals surface area contributed by atoms with E-state index in [0.29, 0.717) is 56.3 Å². The third kappa shape index (κ3) is 7.30. The van der Waals surface area contributed by atoms with Gasteiger partial charge in [-0.3, -0.25) is 19.8 Å². The number of carbonyl (C=O) groups is 2. The van der Waals surface area contributed by atoms with Gasteiger partial charge in [0.25, 0.3) is 5.91 Å². The zero-order valence-electron chi connectivity index (χ0n) is 23.2. The summed E-state index contributed by atoms with van der Waals surface area (Å²) < 4.78 is 35.5.